The molecule has 0 fully saturated rings. The molecule has 0 aliphatic heterocycles. The second kappa shape index (κ2) is 9.17. The summed E-state index contributed by atoms with van der Waals surface area (Å²) in [6.45, 7) is 6.13. The Hall–Kier alpha value is -2.88. The number of carbonyl (C=O) groups is 2. The van der Waals surface area contributed by atoms with Crippen molar-refractivity contribution in [1.29, 1.82) is 5.26 Å². The van der Waals surface area contributed by atoms with E-state index in [9.17, 15) is 9.59 Å². The Morgan fingerprint density at radius 2 is 1.96 bits per heavy atom. The van der Waals surface area contributed by atoms with Gasteiger partial charge in [-0.3, -0.25) is 14.7 Å². The Kier molecular flexibility index (Phi) is 6.94. The number of nitrogens with one attached hydrogen (secondary N) is 2. The van der Waals surface area contributed by atoms with E-state index in [1.54, 1.807) is 18.2 Å². The lowest BCUT2D eigenvalue weighted by atomic mass is 10.1. The SMILES string of the molecule is CC(C)(C)OC(=O)CCCCCCNC(=O)c1n[nH]c2cc(C#N)ccc12. The van der Waals surface area contributed by atoms with Gasteiger partial charge in [-0.1, -0.05) is 12.8 Å². The van der Waals surface area contributed by atoms with E-state index in [-0.39, 0.29) is 11.9 Å². The van der Waals surface area contributed by atoms with Crippen molar-refractivity contribution >= 4 is 22.8 Å². The van der Waals surface area contributed by atoms with Crippen LogP contribution in [0.3, 0.4) is 0 Å². The van der Waals surface area contributed by atoms with Crippen LogP contribution in [0.4, 0.5) is 0 Å². The van der Waals surface area contributed by atoms with Gasteiger partial charge in [0.05, 0.1) is 17.1 Å². The summed E-state index contributed by atoms with van der Waals surface area (Å²) in [5, 5.41) is 19.3. The van der Waals surface area contributed by atoms with Crippen LogP contribution in [-0.2, 0) is 9.53 Å². The summed E-state index contributed by atoms with van der Waals surface area (Å²) >= 11 is 0. The van der Waals surface area contributed by atoms with Crippen molar-refractivity contribution in [3.8, 4) is 6.07 Å². The molecule has 1 aromatic heterocycles. The number of benzene rings is 1. The van der Waals surface area contributed by atoms with Crippen LogP contribution in [0.25, 0.3) is 10.9 Å². The molecule has 0 aliphatic rings. The van der Waals surface area contributed by atoms with Crippen LogP contribution in [0.5, 0.6) is 0 Å². The first-order valence-corrected chi connectivity index (χ1v) is 9.18. The van der Waals surface area contributed by atoms with E-state index in [2.05, 4.69) is 21.6 Å². The average Bonchev–Trinajstić information content (AvgIpc) is 3.02. The summed E-state index contributed by atoms with van der Waals surface area (Å²) < 4.78 is 5.26. The molecule has 2 aromatic rings. The molecule has 144 valence electrons. The van der Waals surface area contributed by atoms with E-state index >= 15 is 0 Å². The number of nitrogens with zero attached hydrogens (tertiary/aromatic N) is 2. The fourth-order valence-corrected chi connectivity index (χ4v) is 2.69. The van der Waals surface area contributed by atoms with E-state index < -0.39 is 5.60 Å². The van der Waals surface area contributed by atoms with Gasteiger partial charge in [0.25, 0.3) is 5.91 Å². The lowest BCUT2D eigenvalue weighted by molar-refractivity contribution is -0.154. The molecule has 0 bridgehead atoms. The molecule has 7 nitrogen and oxygen atoms in total. The maximum atomic E-state index is 12.3. The number of fused-ring (bicyclic) bond motifs is 1. The maximum absolute atomic E-state index is 12.3. The highest BCUT2D eigenvalue weighted by molar-refractivity contribution is 6.04. The molecule has 0 radical (unpaired) electrons. The number of aromatic amines is 1. The smallest absolute Gasteiger partial charge is 0.306 e. The largest absolute Gasteiger partial charge is 0.460 e. The minimum Gasteiger partial charge on any atom is -0.460 e. The van der Waals surface area contributed by atoms with E-state index in [4.69, 9.17) is 10.00 Å². The van der Waals surface area contributed by atoms with E-state index in [1.165, 1.54) is 0 Å². The van der Waals surface area contributed by atoms with E-state index in [0.717, 1.165) is 25.7 Å². The molecular weight excluding hydrogens is 344 g/mol. The first kappa shape index (κ1) is 20.4. The number of H-pyrrole nitrogens is 1. The van der Waals surface area contributed by atoms with Gasteiger partial charge in [-0.05, 0) is 51.8 Å². The van der Waals surface area contributed by atoms with Crippen LogP contribution in [-0.4, -0.2) is 34.2 Å². The minimum absolute atomic E-state index is 0.166. The predicted molar refractivity (Wildman–Crippen MR) is 102 cm³/mol. The van der Waals surface area contributed by atoms with Crippen LogP contribution in [0.1, 0.15) is 68.9 Å². The normalized spacial score (nSPS) is 11.2. The van der Waals surface area contributed by atoms with Gasteiger partial charge >= 0.3 is 5.97 Å². The monoisotopic (exact) mass is 370 g/mol. The Bertz CT molecular complexity index is 843. The Labute approximate surface area is 159 Å². The Morgan fingerprint density at radius 1 is 1.22 bits per heavy atom. The third-order valence-electron chi connectivity index (χ3n) is 3.92. The predicted octanol–water partition coefficient (Wildman–Crippen LogP) is 3.46. The summed E-state index contributed by atoms with van der Waals surface area (Å²) in [6, 6.07) is 7.12. The van der Waals surface area contributed by atoms with Crippen LogP contribution in [0.2, 0.25) is 0 Å². The molecule has 7 heteroatoms. The average molecular weight is 370 g/mol. The minimum atomic E-state index is -0.437. The van der Waals surface area contributed by atoms with Crippen molar-refractivity contribution in [3.05, 3.63) is 29.5 Å². The topological polar surface area (TPSA) is 108 Å². The Balaban J connectivity index is 1.67. The lowest BCUT2D eigenvalue weighted by Crippen LogP contribution is -2.25. The number of aromatic nitrogens is 2. The third-order valence-corrected chi connectivity index (χ3v) is 3.92. The van der Waals surface area contributed by atoms with Gasteiger partial charge < -0.3 is 10.1 Å². The molecule has 2 N–H and O–H groups in total. The van der Waals surface area contributed by atoms with Gasteiger partial charge in [0, 0.05) is 18.4 Å². The number of nitriles is 1. The molecule has 0 saturated heterocycles. The lowest BCUT2D eigenvalue weighted by Gasteiger charge is -2.19. The summed E-state index contributed by atoms with van der Waals surface area (Å²) in [5.74, 6) is -0.402. The second-order valence-corrected chi connectivity index (χ2v) is 7.45. The number of rotatable bonds is 8. The molecule has 0 unspecified atom stereocenters. The van der Waals surface area contributed by atoms with Crippen LogP contribution < -0.4 is 5.32 Å². The van der Waals surface area contributed by atoms with Crippen molar-refractivity contribution in [3.63, 3.8) is 0 Å². The van der Waals surface area contributed by atoms with Crippen molar-refractivity contribution < 1.29 is 14.3 Å². The van der Waals surface area contributed by atoms with Gasteiger partial charge in [0.1, 0.15) is 5.60 Å². The molecule has 27 heavy (non-hydrogen) atoms. The standard InChI is InChI=1S/C20H26N4O3/c1-20(2,3)27-17(25)8-6-4-5-7-11-22-19(26)18-15-10-9-14(13-21)12-16(15)23-24-18/h9-10,12H,4-8,11H2,1-3H3,(H,22,26)(H,23,24). The second-order valence-electron chi connectivity index (χ2n) is 7.45. The number of hydrogen-bond donors (Lipinski definition) is 2. The fraction of sp³-hybridized carbons (Fsp3) is 0.500. The zero-order chi connectivity index (χ0) is 19.9. The molecule has 2 rings (SSSR count). The molecular formula is C20H26N4O3. The third kappa shape index (κ3) is 6.41. The van der Waals surface area contributed by atoms with Crippen molar-refractivity contribution in [2.45, 2.75) is 58.5 Å². The molecule has 0 atom stereocenters. The van der Waals surface area contributed by atoms with Gasteiger partial charge in [0.15, 0.2) is 5.69 Å². The van der Waals surface area contributed by atoms with Gasteiger partial charge in [0.2, 0.25) is 0 Å². The molecule has 1 amide bonds. The number of hydrogen-bond acceptors (Lipinski definition) is 5. The highest BCUT2D eigenvalue weighted by atomic mass is 16.6. The van der Waals surface area contributed by atoms with Crippen LogP contribution in [0, 0.1) is 11.3 Å². The number of amides is 1. The fourth-order valence-electron chi connectivity index (χ4n) is 2.69. The highest BCUT2D eigenvalue weighted by Gasteiger charge is 2.16. The van der Waals surface area contributed by atoms with Gasteiger partial charge in [-0.15, -0.1) is 0 Å². The number of esters is 1. The highest BCUT2D eigenvalue weighted by Crippen LogP contribution is 2.17. The van der Waals surface area contributed by atoms with Crippen LogP contribution >= 0.6 is 0 Å². The molecule has 0 spiro atoms. The summed E-state index contributed by atoms with van der Waals surface area (Å²) in [6.07, 6.45) is 3.88. The van der Waals surface area contributed by atoms with E-state index in [0.29, 0.717) is 35.1 Å². The number of carbonyl (C=O) groups excluding carboxylic acids is 2. The molecule has 0 saturated carbocycles. The summed E-state index contributed by atoms with van der Waals surface area (Å²) in [5.41, 5.74) is 1.08. The van der Waals surface area contributed by atoms with Crippen molar-refractivity contribution in [2.75, 3.05) is 6.54 Å². The molecule has 1 heterocycles. The first-order valence-electron chi connectivity index (χ1n) is 9.18. The first-order chi connectivity index (χ1) is 12.8. The number of unbranched alkanes of at least 4 members (excludes halogenated alkanes) is 3. The van der Waals surface area contributed by atoms with Crippen molar-refractivity contribution in [1.82, 2.24) is 15.5 Å². The van der Waals surface area contributed by atoms with Crippen LogP contribution in [0.15, 0.2) is 18.2 Å². The number of ether oxygens (including phenoxy) is 1. The van der Waals surface area contributed by atoms with Crippen molar-refractivity contribution in [2.24, 2.45) is 0 Å². The summed E-state index contributed by atoms with van der Waals surface area (Å²) in [4.78, 5) is 23.9. The van der Waals surface area contributed by atoms with Gasteiger partial charge in [-0.2, -0.15) is 10.4 Å². The quantitative estimate of drug-likeness (QED) is 0.546. The Morgan fingerprint density at radius 3 is 2.67 bits per heavy atom. The van der Waals surface area contributed by atoms with Gasteiger partial charge in [-0.25, -0.2) is 0 Å². The zero-order valence-corrected chi connectivity index (χ0v) is 16.1. The summed E-state index contributed by atoms with van der Waals surface area (Å²) in [7, 11) is 0. The van der Waals surface area contributed by atoms with E-state index in [1.807, 2.05) is 20.8 Å². The molecule has 1 aromatic carbocycles. The molecule has 0 aliphatic carbocycles. The maximum Gasteiger partial charge on any atom is 0.306 e. The zero-order valence-electron chi connectivity index (χ0n) is 16.1.